The number of hydrogen-bond acceptors (Lipinski definition) is 7. The van der Waals surface area contributed by atoms with Gasteiger partial charge in [0.25, 0.3) is 0 Å². The van der Waals surface area contributed by atoms with Crippen molar-refractivity contribution in [2.24, 2.45) is 0 Å². The molecule has 90 heavy (non-hydrogen) atoms. The maximum Gasteiger partial charge on any atom is 0.416 e. The number of aromatic nitrogens is 6. The quantitative estimate of drug-likeness (QED) is 0.0629. The van der Waals surface area contributed by atoms with Crippen LogP contribution in [0.25, 0.3) is 102 Å². The molecule has 1 saturated carbocycles. The Labute approximate surface area is 519 Å². The summed E-state index contributed by atoms with van der Waals surface area (Å²) in [7, 11) is -3.38. The summed E-state index contributed by atoms with van der Waals surface area (Å²) in [4.78, 5) is 24.1. The third-order valence-electron chi connectivity index (χ3n) is 15.8. The summed E-state index contributed by atoms with van der Waals surface area (Å²) in [6.45, 7) is 2.13. The van der Waals surface area contributed by atoms with Gasteiger partial charge in [-0.25, -0.2) is 23.4 Å². The Kier molecular flexibility index (Phi) is 17.4. The molecule has 15 heteroatoms. The van der Waals surface area contributed by atoms with Crippen LogP contribution in [0.15, 0.2) is 231 Å². The van der Waals surface area contributed by atoms with Gasteiger partial charge in [0.2, 0.25) is 10.0 Å². The van der Waals surface area contributed by atoms with Gasteiger partial charge in [-0.1, -0.05) is 194 Å². The second kappa shape index (κ2) is 26.1. The van der Waals surface area contributed by atoms with E-state index in [0.717, 1.165) is 120 Å². The van der Waals surface area contributed by atoms with Crippen molar-refractivity contribution in [3.63, 3.8) is 0 Å². The monoisotopic (exact) mass is 1210 g/mol. The van der Waals surface area contributed by atoms with Gasteiger partial charge in [-0.15, -0.1) is 0 Å². The number of anilines is 1. The number of H-pyrrole nitrogens is 3. The molecule has 2 unspecified atom stereocenters. The third-order valence-corrected chi connectivity index (χ3v) is 16.4. The molecule has 0 aliphatic heterocycles. The summed E-state index contributed by atoms with van der Waals surface area (Å²) < 4.78 is 64.0. The molecule has 0 saturated heterocycles. The van der Waals surface area contributed by atoms with E-state index in [1.165, 1.54) is 34.4 Å². The Morgan fingerprint density at radius 2 is 0.933 bits per heavy atom. The number of aromatic amines is 3. The van der Waals surface area contributed by atoms with Crippen molar-refractivity contribution >= 4 is 73.1 Å². The van der Waals surface area contributed by atoms with Crippen LogP contribution in [-0.4, -0.2) is 54.8 Å². The van der Waals surface area contributed by atoms with E-state index in [4.69, 9.17) is 4.98 Å². The SMILES string of the molecule is CS(=O)(=O)Nc1ccccc1-c1ccc2nc(/C=C/c3ccc(-c4ccccc4)cc3)[nH]c2c1.Cc1ccc(C2CC2c2nc3ccc(-c4ccccc4CO)cc3[nH]2)cc1.OCc1ccccc1-c1ccc2nc(/C=C/c3ccc(C(F)(F)F)cc3)[nH]c2c1. The van der Waals surface area contributed by atoms with Crippen molar-refractivity contribution in [1.29, 1.82) is 0 Å². The van der Waals surface area contributed by atoms with Gasteiger partial charge in [-0.3, -0.25) is 4.72 Å². The van der Waals surface area contributed by atoms with Crippen molar-refractivity contribution in [2.45, 2.75) is 44.6 Å². The first-order chi connectivity index (χ1) is 43.6. The van der Waals surface area contributed by atoms with E-state index in [1.807, 2.05) is 121 Å². The molecule has 0 spiro atoms. The number of nitrogens with one attached hydrogen (secondary N) is 4. The molecule has 1 aliphatic rings. The zero-order valence-electron chi connectivity index (χ0n) is 49.1. The molecule has 0 bridgehead atoms. The van der Waals surface area contributed by atoms with Crippen LogP contribution in [0.4, 0.5) is 18.9 Å². The zero-order valence-corrected chi connectivity index (χ0v) is 49.9. The van der Waals surface area contributed by atoms with Crippen molar-refractivity contribution in [2.75, 3.05) is 11.0 Å². The van der Waals surface area contributed by atoms with Crippen LogP contribution in [0, 0.1) is 6.92 Å². The number of nitrogens with zero attached hydrogens (tertiary/aromatic N) is 3. The number of fused-ring (bicyclic) bond motifs is 3. The molecule has 3 aromatic heterocycles. The molecular formula is C75H62F3N7O4S. The van der Waals surface area contributed by atoms with Gasteiger partial charge in [0.05, 0.1) is 63.8 Å². The zero-order chi connectivity index (χ0) is 62.4. The fourth-order valence-corrected chi connectivity index (χ4v) is 11.6. The van der Waals surface area contributed by atoms with Crippen LogP contribution < -0.4 is 4.72 Å². The molecule has 0 amide bonds. The predicted molar refractivity (Wildman–Crippen MR) is 357 cm³/mol. The summed E-state index contributed by atoms with van der Waals surface area (Å²) in [6, 6.07) is 73.5. The Morgan fingerprint density at radius 3 is 1.46 bits per heavy atom. The predicted octanol–water partition coefficient (Wildman–Crippen LogP) is 17.7. The van der Waals surface area contributed by atoms with Gasteiger partial charge in [0.15, 0.2) is 0 Å². The van der Waals surface area contributed by atoms with Crippen LogP contribution in [0.2, 0.25) is 0 Å². The molecule has 0 radical (unpaired) electrons. The number of benzene rings is 10. The summed E-state index contributed by atoms with van der Waals surface area (Å²) in [5.74, 6) is 3.49. The van der Waals surface area contributed by atoms with E-state index >= 15 is 0 Å². The lowest BCUT2D eigenvalue weighted by molar-refractivity contribution is -0.137. The number of hydrogen-bond donors (Lipinski definition) is 6. The molecular weight excluding hydrogens is 1150 g/mol. The molecule has 1 fully saturated rings. The van der Waals surface area contributed by atoms with E-state index in [2.05, 4.69) is 121 Å². The number of rotatable bonds is 14. The standard InChI is InChI=1S/C28H23N3O2S.C24H22N2O.C23H17F3N2O/c1-34(32,33)31-25-10-6-5-9-24(25)23-16-17-26-27(19-23)30-28(29-26)18-13-20-11-14-22(15-12-20)21-7-3-2-4-8-21;1-15-6-8-16(9-7-15)20-13-21(20)24-25-22-11-10-17(12-23(22)26-24)19-5-3-2-4-18(19)14-27;24-23(25,26)18-9-5-15(6-10-18)7-12-22-27-20-11-8-16(13-21(20)28-22)19-4-2-1-3-17(19)14-29/h2-19,31H,1H3,(H,29,30);2-12,20-21,27H,13-14H2,1H3,(H,25,26);1-13,29H,14H2,(H,27,28)/b18-13+;;12-7+. The fourth-order valence-electron chi connectivity index (χ4n) is 11.1. The first kappa shape index (κ1) is 59.9. The van der Waals surface area contributed by atoms with Crippen LogP contribution in [0.3, 0.4) is 0 Å². The first-order valence-electron chi connectivity index (χ1n) is 29.3. The van der Waals surface area contributed by atoms with Crippen molar-refractivity contribution < 1.29 is 31.8 Å². The summed E-state index contributed by atoms with van der Waals surface area (Å²) in [6.07, 6.45) is 5.38. The number of aliphatic hydroxyl groups is 2. The molecule has 14 rings (SSSR count). The van der Waals surface area contributed by atoms with E-state index in [9.17, 15) is 31.8 Å². The van der Waals surface area contributed by atoms with E-state index < -0.39 is 21.8 Å². The molecule has 2 atom stereocenters. The number of alkyl halides is 3. The van der Waals surface area contributed by atoms with Crippen LogP contribution in [0.1, 0.15) is 74.7 Å². The van der Waals surface area contributed by atoms with Crippen LogP contribution in [0.5, 0.6) is 0 Å². The summed E-state index contributed by atoms with van der Waals surface area (Å²) in [5, 5.41) is 19.2. The number of sulfonamides is 1. The van der Waals surface area contributed by atoms with Gasteiger partial charge in [0.1, 0.15) is 17.5 Å². The van der Waals surface area contributed by atoms with Crippen molar-refractivity contribution in [3.8, 4) is 44.5 Å². The second-order valence-electron chi connectivity index (χ2n) is 22.2. The lowest BCUT2D eigenvalue weighted by Crippen LogP contribution is -2.10. The number of aryl methyl sites for hydroxylation is 1. The lowest BCUT2D eigenvalue weighted by atomic mass is 10.00. The molecule has 10 aromatic carbocycles. The minimum Gasteiger partial charge on any atom is -0.392 e. The van der Waals surface area contributed by atoms with Crippen LogP contribution in [-0.2, 0) is 29.4 Å². The van der Waals surface area contributed by atoms with Gasteiger partial charge < -0.3 is 25.2 Å². The van der Waals surface area contributed by atoms with E-state index in [0.29, 0.717) is 28.9 Å². The first-order valence-corrected chi connectivity index (χ1v) is 31.2. The van der Waals surface area contributed by atoms with Gasteiger partial charge in [-0.2, -0.15) is 13.2 Å². The van der Waals surface area contributed by atoms with Gasteiger partial charge in [-0.05, 0) is 153 Å². The number of imidazole rings is 3. The van der Waals surface area contributed by atoms with Crippen LogP contribution >= 0.6 is 0 Å². The maximum absolute atomic E-state index is 12.6. The second-order valence-corrected chi connectivity index (χ2v) is 24.0. The average molecular weight is 1210 g/mol. The summed E-state index contributed by atoms with van der Waals surface area (Å²) in [5.41, 5.74) is 19.7. The minimum atomic E-state index is -4.34. The van der Waals surface area contributed by atoms with E-state index in [1.54, 1.807) is 24.3 Å². The van der Waals surface area contributed by atoms with Gasteiger partial charge in [0, 0.05) is 11.5 Å². The van der Waals surface area contributed by atoms with E-state index in [-0.39, 0.29) is 13.2 Å². The van der Waals surface area contributed by atoms with Gasteiger partial charge >= 0.3 is 6.18 Å². The van der Waals surface area contributed by atoms with Crippen molar-refractivity contribution in [3.05, 3.63) is 287 Å². The average Bonchev–Trinajstić information content (AvgIpc) is 1.65. The Morgan fingerprint density at radius 1 is 0.489 bits per heavy atom. The molecule has 11 nitrogen and oxygen atoms in total. The molecule has 448 valence electrons. The molecule has 1 aliphatic carbocycles. The maximum atomic E-state index is 12.6. The highest BCUT2D eigenvalue weighted by Gasteiger charge is 2.41. The number of halogens is 3. The Hall–Kier alpha value is -10.5. The number of para-hydroxylation sites is 1. The Balaban J connectivity index is 0.000000132. The summed E-state index contributed by atoms with van der Waals surface area (Å²) >= 11 is 0. The lowest BCUT2D eigenvalue weighted by Gasteiger charge is -2.10. The third kappa shape index (κ3) is 14.3. The van der Waals surface area contributed by atoms with Crippen molar-refractivity contribution in [1.82, 2.24) is 29.9 Å². The highest BCUT2D eigenvalue weighted by Crippen LogP contribution is 2.54. The smallest absolute Gasteiger partial charge is 0.392 e. The molecule has 13 aromatic rings. The largest absolute Gasteiger partial charge is 0.416 e. The molecule has 3 heterocycles. The minimum absolute atomic E-state index is 0.0434. The number of aliphatic hydroxyl groups excluding tert-OH is 2. The molecule has 6 N–H and O–H groups in total. The highest BCUT2D eigenvalue weighted by molar-refractivity contribution is 7.92. The highest BCUT2D eigenvalue weighted by atomic mass is 32.2. The Bertz CT molecular complexity index is 4840. The fraction of sp³-hybridized carbons (Fsp3) is 0.107. The topological polar surface area (TPSA) is 173 Å². The normalized spacial score (nSPS) is 14.0.